The molecule has 2 N–H and O–H groups in total. The molecule has 92 valence electrons. The maximum atomic E-state index is 6.11. The van der Waals surface area contributed by atoms with Crippen LogP contribution in [0.3, 0.4) is 0 Å². The Morgan fingerprint density at radius 2 is 2.12 bits per heavy atom. The Kier molecular flexibility index (Phi) is 3.97. The van der Waals surface area contributed by atoms with Gasteiger partial charge in [-0.15, -0.1) is 22.7 Å². The van der Waals surface area contributed by atoms with Crippen molar-refractivity contribution in [3.63, 3.8) is 0 Å². The largest absolute Gasteiger partial charge is 0.322 e. The van der Waals surface area contributed by atoms with E-state index in [0.29, 0.717) is 5.92 Å². The molecule has 0 aliphatic rings. The van der Waals surface area contributed by atoms with E-state index in [1.54, 1.807) is 11.3 Å². The highest BCUT2D eigenvalue weighted by Gasteiger charge is 2.15. The Hall–Kier alpha value is -0.710. The molecule has 0 aliphatic heterocycles. The third-order valence-electron chi connectivity index (χ3n) is 2.79. The van der Waals surface area contributed by atoms with Gasteiger partial charge >= 0.3 is 0 Å². The van der Waals surface area contributed by atoms with Crippen LogP contribution < -0.4 is 5.73 Å². The summed E-state index contributed by atoms with van der Waals surface area (Å²) in [5, 5.41) is 3.16. The summed E-state index contributed by atoms with van der Waals surface area (Å²) in [5.41, 5.74) is 7.19. The fraction of sp³-hybridized carbons (Fsp3) is 0.462. The second kappa shape index (κ2) is 5.29. The molecule has 17 heavy (non-hydrogen) atoms. The lowest BCUT2D eigenvalue weighted by Crippen LogP contribution is -2.16. The van der Waals surface area contributed by atoms with Gasteiger partial charge in [0.05, 0.1) is 16.6 Å². The molecule has 2 aromatic rings. The Morgan fingerprint density at radius 1 is 1.35 bits per heavy atom. The first-order valence-electron chi connectivity index (χ1n) is 5.92. The number of nitrogens with two attached hydrogens (primary N) is 1. The van der Waals surface area contributed by atoms with Crippen molar-refractivity contribution in [2.45, 2.75) is 33.2 Å². The highest BCUT2D eigenvalue weighted by molar-refractivity contribution is 7.16. The number of thiazole rings is 1. The van der Waals surface area contributed by atoms with E-state index in [-0.39, 0.29) is 6.04 Å². The monoisotopic (exact) mass is 266 g/mol. The number of aryl methyl sites for hydroxylation is 1. The van der Waals surface area contributed by atoms with Crippen molar-refractivity contribution in [3.05, 3.63) is 27.4 Å². The van der Waals surface area contributed by atoms with Gasteiger partial charge in [-0.25, -0.2) is 4.98 Å². The van der Waals surface area contributed by atoms with Crippen LogP contribution in [0, 0.1) is 5.92 Å². The normalized spacial score (nSPS) is 13.2. The molecule has 1 atom stereocenters. The Labute approximate surface area is 111 Å². The fourth-order valence-corrected chi connectivity index (χ4v) is 3.52. The highest BCUT2D eigenvalue weighted by Crippen LogP contribution is 2.31. The minimum absolute atomic E-state index is 0.0550. The van der Waals surface area contributed by atoms with Crippen LogP contribution in [-0.2, 0) is 6.42 Å². The molecule has 2 heterocycles. The minimum Gasteiger partial charge on any atom is -0.322 e. The third-order valence-corrected chi connectivity index (χ3v) is 4.99. The van der Waals surface area contributed by atoms with Gasteiger partial charge in [0.1, 0.15) is 5.01 Å². The molecule has 0 spiro atoms. The zero-order valence-electron chi connectivity index (χ0n) is 10.4. The van der Waals surface area contributed by atoms with Gasteiger partial charge in [-0.3, -0.25) is 0 Å². The Morgan fingerprint density at radius 3 is 2.71 bits per heavy atom. The van der Waals surface area contributed by atoms with E-state index >= 15 is 0 Å². The zero-order valence-corrected chi connectivity index (χ0v) is 12.1. The molecule has 0 fully saturated rings. The maximum Gasteiger partial charge on any atom is 0.110 e. The van der Waals surface area contributed by atoms with Crippen LogP contribution in [0.4, 0.5) is 0 Å². The van der Waals surface area contributed by atoms with Crippen LogP contribution >= 0.6 is 22.7 Å². The van der Waals surface area contributed by atoms with E-state index in [1.807, 2.05) is 11.3 Å². The van der Waals surface area contributed by atoms with Gasteiger partial charge < -0.3 is 5.73 Å². The van der Waals surface area contributed by atoms with Gasteiger partial charge in [0.2, 0.25) is 0 Å². The molecule has 2 aromatic heterocycles. The van der Waals surface area contributed by atoms with Crippen molar-refractivity contribution in [2.24, 2.45) is 11.7 Å². The summed E-state index contributed by atoms with van der Waals surface area (Å²) in [6.07, 6.45) is 1.09. The first-order valence-corrected chi connectivity index (χ1v) is 7.61. The molecular weight excluding hydrogens is 248 g/mol. The first kappa shape index (κ1) is 12.7. The standard InChI is InChI=1S/C13H18N2S2/c1-4-9-5-6-11(17-9)10-7-16-13(15-10)12(14)8(2)3/h5-8,12H,4,14H2,1-3H3. The van der Waals surface area contributed by atoms with Gasteiger partial charge in [-0.05, 0) is 24.5 Å². The molecule has 0 saturated heterocycles. The third kappa shape index (κ3) is 2.76. The summed E-state index contributed by atoms with van der Waals surface area (Å²) < 4.78 is 0. The second-order valence-corrected chi connectivity index (χ2v) is 6.52. The number of rotatable bonds is 4. The van der Waals surface area contributed by atoms with E-state index in [0.717, 1.165) is 17.1 Å². The zero-order chi connectivity index (χ0) is 12.4. The molecule has 1 unspecified atom stereocenters. The van der Waals surface area contributed by atoms with Crippen molar-refractivity contribution in [3.8, 4) is 10.6 Å². The van der Waals surface area contributed by atoms with Crippen LogP contribution in [0.15, 0.2) is 17.5 Å². The summed E-state index contributed by atoms with van der Waals surface area (Å²) in [4.78, 5) is 7.31. The molecule has 4 heteroatoms. The quantitative estimate of drug-likeness (QED) is 0.905. The predicted molar refractivity (Wildman–Crippen MR) is 76.6 cm³/mol. The van der Waals surface area contributed by atoms with Gasteiger partial charge in [-0.2, -0.15) is 0 Å². The molecule has 2 nitrogen and oxygen atoms in total. The highest BCUT2D eigenvalue weighted by atomic mass is 32.1. The second-order valence-electron chi connectivity index (χ2n) is 4.46. The average molecular weight is 266 g/mol. The molecule has 0 bridgehead atoms. The summed E-state index contributed by atoms with van der Waals surface area (Å²) >= 11 is 3.49. The van der Waals surface area contributed by atoms with Gasteiger partial charge in [0, 0.05) is 10.3 Å². The number of hydrogen-bond acceptors (Lipinski definition) is 4. The number of thiophene rings is 1. The van der Waals surface area contributed by atoms with Crippen LogP contribution in [0.2, 0.25) is 0 Å². The Balaban J connectivity index is 2.23. The Bertz CT molecular complexity index is 485. The van der Waals surface area contributed by atoms with Gasteiger partial charge in [-0.1, -0.05) is 20.8 Å². The van der Waals surface area contributed by atoms with E-state index in [2.05, 4.69) is 43.3 Å². The number of nitrogens with zero attached hydrogens (tertiary/aromatic N) is 1. The van der Waals surface area contributed by atoms with Crippen LogP contribution in [0.5, 0.6) is 0 Å². The van der Waals surface area contributed by atoms with Crippen molar-refractivity contribution < 1.29 is 0 Å². The SMILES string of the molecule is CCc1ccc(-c2csc(C(N)C(C)C)n2)s1. The number of hydrogen-bond donors (Lipinski definition) is 1. The van der Waals surface area contributed by atoms with Crippen LogP contribution in [-0.4, -0.2) is 4.98 Å². The molecular formula is C13H18N2S2. The lowest BCUT2D eigenvalue weighted by atomic mass is 10.1. The molecule has 0 aliphatic carbocycles. The van der Waals surface area contributed by atoms with Crippen molar-refractivity contribution >= 4 is 22.7 Å². The maximum absolute atomic E-state index is 6.11. The smallest absolute Gasteiger partial charge is 0.110 e. The fourth-order valence-electron chi connectivity index (χ4n) is 1.54. The average Bonchev–Trinajstić information content (AvgIpc) is 2.96. The van der Waals surface area contributed by atoms with E-state index in [9.17, 15) is 0 Å². The van der Waals surface area contributed by atoms with Gasteiger partial charge in [0.15, 0.2) is 0 Å². The topological polar surface area (TPSA) is 38.9 Å². The molecule has 0 radical (unpaired) electrons. The van der Waals surface area contributed by atoms with Gasteiger partial charge in [0.25, 0.3) is 0 Å². The number of aromatic nitrogens is 1. The predicted octanol–water partition coefficient (Wildman–Crippen LogP) is 4.09. The summed E-state index contributed by atoms with van der Waals surface area (Å²) in [5.74, 6) is 0.434. The minimum atomic E-state index is 0.0550. The van der Waals surface area contributed by atoms with E-state index in [1.165, 1.54) is 9.75 Å². The van der Waals surface area contributed by atoms with Crippen molar-refractivity contribution in [2.75, 3.05) is 0 Å². The summed E-state index contributed by atoms with van der Waals surface area (Å²) in [6.45, 7) is 6.44. The molecule has 0 saturated carbocycles. The van der Waals surface area contributed by atoms with E-state index in [4.69, 9.17) is 5.73 Å². The molecule has 2 rings (SSSR count). The van der Waals surface area contributed by atoms with Crippen LogP contribution in [0.1, 0.15) is 36.7 Å². The van der Waals surface area contributed by atoms with Crippen molar-refractivity contribution in [1.82, 2.24) is 4.98 Å². The lowest BCUT2D eigenvalue weighted by molar-refractivity contribution is 0.512. The molecule has 0 amide bonds. The summed E-state index contributed by atoms with van der Waals surface area (Å²) in [6, 6.07) is 4.39. The van der Waals surface area contributed by atoms with Crippen molar-refractivity contribution in [1.29, 1.82) is 0 Å². The first-order chi connectivity index (χ1) is 8.11. The lowest BCUT2D eigenvalue weighted by Gasteiger charge is -2.11. The molecule has 0 aromatic carbocycles. The van der Waals surface area contributed by atoms with E-state index < -0.39 is 0 Å². The summed E-state index contributed by atoms with van der Waals surface area (Å²) in [7, 11) is 0. The van der Waals surface area contributed by atoms with Crippen LogP contribution in [0.25, 0.3) is 10.6 Å².